The quantitative estimate of drug-likeness (QED) is 0.885. The van der Waals surface area contributed by atoms with Crippen LogP contribution in [0.3, 0.4) is 0 Å². The number of halogens is 3. The number of nitrogens with one attached hydrogen (secondary N) is 1. The van der Waals surface area contributed by atoms with Crippen LogP contribution < -0.4 is 5.32 Å². The molecule has 2 fully saturated rings. The van der Waals surface area contributed by atoms with Gasteiger partial charge in [-0.05, 0) is 31.4 Å². The Kier molecular flexibility index (Phi) is 2.69. The number of ether oxygens (including phenoxy) is 1. The number of alkyl halides is 3. The van der Waals surface area contributed by atoms with E-state index in [1.165, 1.54) is 12.3 Å². The maximum absolute atomic E-state index is 12.8. The van der Waals surface area contributed by atoms with Crippen LogP contribution in [0.4, 0.5) is 19.0 Å². The Balaban J connectivity index is 1.81. The van der Waals surface area contributed by atoms with Gasteiger partial charge in [-0.15, -0.1) is 0 Å². The van der Waals surface area contributed by atoms with Crippen molar-refractivity contribution in [1.82, 2.24) is 4.98 Å². The average Bonchev–Trinajstić information content (AvgIpc) is 2.90. The van der Waals surface area contributed by atoms with Gasteiger partial charge in [0.05, 0.1) is 23.8 Å². The molecule has 1 aromatic heterocycles. The molecule has 3 rings (SSSR count). The zero-order chi connectivity index (χ0) is 12.8. The number of aromatic nitrogens is 1. The summed E-state index contributed by atoms with van der Waals surface area (Å²) >= 11 is 0. The summed E-state index contributed by atoms with van der Waals surface area (Å²) < 4.78 is 44.0. The minimum Gasteiger partial charge on any atom is -0.373 e. The van der Waals surface area contributed by atoms with Gasteiger partial charge in [-0.3, -0.25) is 0 Å². The van der Waals surface area contributed by atoms with Crippen LogP contribution in [-0.2, 0) is 10.9 Å². The van der Waals surface area contributed by atoms with E-state index in [4.69, 9.17) is 4.74 Å². The van der Waals surface area contributed by atoms with E-state index in [1.54, 1.807) is 0 Å². The maximum Gasteiger partial charge on any atom is 0.419 e. The van der Waals surface area contributed by atoms with Gasteiger partial charge in [-0.1, -0.05) is 0 Å². The molecule has 1 N–H and O–H groups in total. The summed E-state index contributed by atoms with van der Waals surface area (Å²) in [6.45, 7) is 0. The Morgan fingerprint density at radius 1 is 1.33 bits per heavy atom. The molecule has 0 amide bonds. The molecule has 3 atom stereocenters. The summed E-state index contributed by atoms with van der Waals surface area (Å²) in [5, 5.41) is 2.89. The van der Waals surface area contributed by atoms with Crippen molar-refractivity contribution >= 4 is 5.82 Å². The van der Waals surface area contributed by atoms with E-state index in [-0.39, 0.29) is 24.1 Å². The van der Waals surface area contributed by atoms with Crippen molar-refractivity contribution in [1.29, 1.82) is 0 Å². The Hall–Kier alpha value is -1.30. The fourth-order valence-corrected chi connectivity index (χ4v) is 2.71. The summed E-state index contributed by atoms with van der Waals surface area (Å²) in [6.07, 6.45) is -0.101. The predicted molar refractivity (Wildman–Crippen MR) is 59.2 cm³/mol. The van der Waals surface area contributed by atoms with Crippen LogP contribution in [-0.4, -0.2) is 23.2 Å². The average molecular weight is 258 g/mol. The molecular formula is C12H13F3N2O. The topological polar surface area (TPSA) is 34.2 Å². The van der Waals surface area contributed by atoms with Crippen molar-refractivity contribution in [3.8, 4) is 0 Å². The molecule has 0 aliphatic carbocycles. The van der Waals surface area contributed by atoms with Gasteiger partial charge in [0, 0.05) is 6.20 Å². The van der Waals surface area contributed by atoms with Crippen molar-refractivity contribution in [3.63, 3.8) is 0 Å². The van der Waals surface area contributed by atoms with Crippen molar-refractivity contribution < 1.29 is 17.9 Å². The first-order valence-corrected chi connectivity index (χ1v) is 5.98. The zero-order valence-corrected chi connectivity index (χ0v) is 9.57. The van der Waals surface area contributed by atoms with Crippen LogP contribution >= 0.6 is 0 Å². The highest BCUT2D eigenvalue weighted by Gasteiger charge is 2.42. The molecule has 0 aromatic carbocycles. The molecule has 0 saturated carbocycles. The number of rotatable bonds is 2. The van der Waals surface area contributed by atoms with Gasteiger partial charge in [0.1, 0.15) is 5.82 Å². The van der Waals surface area contributed by atoms with E-state index in [9.17, 15) is 13.2 Å². The number of fused-ring (bicyclic) bond motifs is 2. The largest absolute Gasteiger partial charge is 0.419 e. The van der Waals surface area contributed by atoms with E-state index in [1.807, 2.05) is 0 Å². The summed E-state index contributed by atoms with van der Waals surface area (Å²) in [5.41, 5.74) is -0.715. The van der Waals surface area contributed by atoms with Crippen LogP contribution in [0, 0.1) is 0 Å². The third kappa shape index (κ3) is 2.05. The highest BCUT2D eigenvalue weighted by Crippen LogP contribution is 2.38. The predicted octanol–water partition coefficient (Wildman–Crippen LogP) is 2.83. The minimum atomic E-state index is -4.38. The van der Waals surface area contributed by atoms with Gasteiger partial charge in [-0.25, -0.2) is 4.98 Å². The molecule has 0 spiro atoms. The third-order valence-corrected chi connectivity index (χ3v) is 3.54. The van der Waals surface area contributed by atoms with Gasteiger partial charge >= 0.3 is 6.18 Å². The molecule has 6 heteroatoms. The van der Waals surface area contributed by atoms with Crippen LogP contribution in [0.1, 0.15) is 24.8 Å². The van der Waals surface area contributed by atoms with Crippen molar-refractivity contribution in [2.45, 2.75) is 43.7 Å². The second-order valence-corrected chi connectivity index (χ2v) is 4.76. The van der Waals surface area contributed by atoms with Crippen LogP contribution in [0.15, 0.2) is 18.3 Å². The number of anilines is 1. The highest BCUT2D eigenvalue weighted by molar-refractivity contribution is 5.46. The molecule has 2 aliphatic heterocycles. The van der Waals surface area contributed by atoms with E-state index in [0.29, 0.717) is 0 Å². The second kappa shape index (κ2) is 4.12. The summed E-state index contributed by atoms with van der Waals surface area (Å²) in [5.74, 6) is -0.0915. The molecule has 2 aliphatic rings. The van der Waals surface area contributed by atoms with Crippen molar-refractivity contribution in [3.05, 3.63) is 23.9 Å². The lowest BCUT2D eigenvalue weighted by molar-refractivity contribution is -0.137. The fraction of sp³-hybridized carbons (Fsp3) is 0.583. The molecule has 0 radical (unpaired) electrons. The molecule has 3 heterocycles. The lowest BCUT2D eigenvalue weighted by Gasteiger charge is -2.22. The molecule has 3 nitrogen and oxygen atoms in total. The normalized spacial score (nSPS) is 30.7. The van der Waals surface area contributed by atoms with Crippen molar-refractivity contribution in [2.75, 3.05) is 5.32 Å². The van der Waals surface area contributed by atoms with Gasteiger partial charge in [0.15, 0.2) is 0 Å². The molecule has 3 unspecified atom stereocenters. The van der Waals surface area contributed by atoms with Crippen LogP contribution in [0.5, 0.6) is 0 Å². The molecular weight excluding hydrogens is 245 g/mol. The molecule has 1 aromatic rings. The number of hydrogen-bond acceptors (Lipinski definition) is 3. The fourth-order valence-electron chi connectivity index (χ4n) is 2.71. The smallest absolute Gasteiger partial charge is 0.373 e. The van der Waals surface area contributed by atoms with E-state index < -0.39 is 11.7 Å². The number of nitrogens with zero attached hydrogens (tertiary/aromatic N) is 1. The summed E-state index contributed by atoms with van der Waals surface area (Å²) in [6, 6.07) is 2.29. The minimum absolute atomic E-state index is 0.0260. The van der Waals surface area contributed by atoms with Gasteiger partial charge in [0.2, 0.25) is 0 Å². The Morgan fingerprint density at radius 2 is 2.17 bits per heavy atom. The van der Waals surface area contributed by atoms with Crippen LogP contribution in [0.2, 0.25) is 0 Å². The first-order valence-electron chi connectivity index (χ1n) is 5.98. The van der Waals surface area contributed by atoms with Crippen molar-refractivity contribution in [2.24, 2.45) is 0 Å². The molecule has 98 valence electrons. The lowest BCUT2D eigenvalue weighted by atomic mass is 9.95. The first-order chi connectivity index (χ1) is 8.54. The molecule has 2 bridgehead atoms. The molecule has 2 saturated heterocycles. The zero-order valence-electron chi connectivity index (χ0n) is 9.57. The van der Waals surface area contributed by atoms with E-state index >= 15 is 0 Å². The summed E-state index contributed by atoms with van der Waals surface area (Å²) in [7, 11) is 0. The monoisotopic (exact) mass is 258 g/mol. The second-order valence-electron chi connectivity index (χ2n) is 4.76. The number of hydrogen-bond donors (Lipinski definition) is 1. The highest BCUT2D eigenvalue weighted by atomic mass is 19.4. The van der Waals surface area contributed by atoms with E-state index in [2.05, 4.69) is 10.3 Å². The lowest BCUT2D eigenvalue weighted by Crippen LogP contribution is -2.31. The summed E-state index contributed by atoms with van der Waals surface area (Å²) in [4.78, 5) is 3.81. The standard InChI is InChI=1S/C12H13F3N2O/c13-12(14,15)8-2-1-5-16-11(8)17-9-6-7-3-4-10(9)18-7/h1-2,5,7,9-10H,3-4,6H2,(H,16,17). The Morgan fingerprint density at radius 3 is 2.78 bits per heavy atom. The SMILES string of the molecule is FC(F)(F)c1cccnc1NC1CC2CCC1O2. The molecule has 18 heavy (non-hydrogen) atoms. The third-order valence-electron chi connectivity index (χ3n) is 3.54. The van der Waals surface area contributed by atoms with Gasteiger partial charge < -0.3 is 10.1 Å². The first kappa shape index (κ1) is 11.8. The number of pyridine rings is 1. The van der Waals surface area contributed by atoms with Gasteiger partial charge in [0.25, 0.3) is 0 Å². The maximum atomic E-state index is 12.8. The van der Waals surface area contributed by atoms with E-state index in [0.717, 1.165) is 25.3 Å². The Labute approximate surface area is 102 Å². The van der Waals surface area contributed by atoms with Crippen LogP contribution in [0.25, 0.3) is 0 Å². The Bertz CT molecular complexity index is 449. The van der Waals surface area contributed by atoms with Gasteiger partial charge in [-0.2, -0.15) is 13.2 Å².